The Morgan fingerprint density at radius 2 is 1.13 bits per heavy atom. The zero-order valence-corrected chi connectivity index (χ0v) is 19.7. The lowest BCUT2D eigenvalue weighted by Crippen LogP contribution is -2.20. The van der Waals surface area contributed by atoms with Crippen molar-refractivity contribution in [3.63, 3.8) is 0 Å². The Balaban J connectivity index is 2.14. The molecule has 0 aliphatic heterocycles. The Labute approximate surface area is 182 Å². The molecule has 4 heteroatoms. The fourth-order valence-electron chi connectivity index (χ4n) is 3.62. The Kier molecular flexibility index (Phi) is 8.33. The molecule has 0 aromatic heterocycles. The summed E-state index contributed by atoms with van der Waals surface area (Å²) in [6, 6.07) is 12.3. The van der Waals surface area contributed by atoms with Crippen molar-refractivity contribution >= 4 is 11.8 Å². The van der Waals surface area contributed by atoms with Crippen LogP contribution in [0, 0.1) is 0 Å². The lowest BCUT2D eigenvalue weighted by Gasteiger charge is -2.21. The molecule has 0 heterocycles. The average molecular weight is 412 g/mol. The molecule has 0 atom stereocenters. The molecule has 0 saturated carbocycles. The van der Waals surface area contributed by atoms with Crippen LogP contribution >= 0.6 is 0 Å². The number of amides is 1. The van der Waals surface area contributed by atoms with E-state index in [1.807, 2.05) is 6.07 Å². The van der Waals surface area contributed by atoms with Gasteiger partial charge in [0.15, 0.2) is 0 Å². The number of carbonyl (C=O) groups excluding carboxylic acids is 1. The first-order valence-corrected chi connectivity index (χ1v) is 11.0. The number of hydrogen-bond acceptors (Lipinski definition) is 3. The maximum Gasteiger partial charge on any atom is 0.414 e. The van der Waals surface area contributed by atoms with Gasteiger partial charge in [-0.2, -0.15) is 0 Å². The van der Waals surface area contributed by atoms with Crippen molar-refractivity contribution < 1.29 is 14.3 Å². The number of carbonyl (C=O) groups is 1. The SMILES string of the molecule is CC(C)c1cccc(C(C)C)c1NC(=O)OCOc1c(C(C)C)cccc1C(C)C. The number of benzene rings is 2. The largest absolute Gasteiger partial charge is 0.457 e. The van der Waals surface area contributed by atoms with Crippen molar-refractivity contribution in [2.24, 2.45) is 0 Å². The van der Waals surface area contributed by atoms with Crippen LogP contribution < -0.4 is 10.1 Å². The third-order valence-electron chi connectivity index (χ3n) is 5.31. The molecule has 2 rings (SSSR count). The average Bonchev–Trinajstić information content (AvgIpc) is 2.67. The molecule has 0 aliphatic carbocycles. The number of anilines is 1. The monoisotopic (exact) mass is 411 g/mol. The molecule has 0 radical (unpaired) electrons. The summed E-state index contributed by atoms with van der Waals surface area (Å²) in [5.74, 6) is 2.04. The van der Waals surface area contributed by atoms with Crippen LogP contribution in [0.2, 0.25) is 0 Å². The minimum absolute atomic E-state index is 0.129. The number of hydrogen-bond donors (Lipinski definition) is 1. The standard InChI is InChI=1S/C26H37NO3/c1-16(2)20-11-9-12-21(17(3)4)24(20)27-26(28)30-15-29-25-22(18(5)6)13-10-14-23(25)19(7)8/h9-14,16-19H,15H2,1-8H3,(H,27,28). The molecule has 2 aromatic carbocycles. The van der Waals surface area contributed by atoms with Crippen molar-refractivity contribution in [2.75, 3.05) is 12.1 Å². The van der Waals surface area contributed by atoms with Crippen LogP contribution in [-0.4, -0.2) is 12.9 Å². The summed E-state index contributed by atoms with van der Waals surface area (Å²) < 4.78 is 11.4. The highest BCUT2D eigenvalue weighted by Crippen LogP contribution is 2.35. The summed E-state index contributed by atoms with van der Waals surface area (Å²) in [5.41, 5.74) is 5.30. The van der Waals surface area contributed by atoms with E-state index in [4.69, 9.17) is 9.47 Å². The Morgan fingerprint density at radius 1 is 0.733 bits per heavy atom. The minimum Gasteiger partial charge on any atom is -0.457 e. The first-order chi connectivity index (χ1) is 14.1. The van der Waals surface area contributed by atoms with Crippen LogP contribution in [0.4, 0.5) is 10.5 Å². The third-order valence-corrected chi connectivity index (χ3v) is 5.31. The summed E-state index contributed by atoms with van der Waals surface area (Å²) in [6.07, 6.45) is -0.502. The lowest BCUT2D eigenvalue weighted by molar-refractivity contribution is 0.0671. The van der Waals surface area contributed by atoms with Crippen molar-refractivity contribution in [2.45, 2.75) is 79.1 Å². The molecule has 0 saturated heterocycles. The van der Waals surface area contributed by atoms with Gasteiger partial charge in [-0.1, -0.05) is 91.8 Å². The van der Waals surface area contributed by atoms with Crippen LogP contribution in [0.15, 0.2) is 36.4 Å². The predicted octanol–water partition coefficient (Wildman–Crippen LogP) is 7.77. The van der Waals surface area contributed by atoms with Crippen molar-refractivity contribution in [3.8, 4) is 5.75 Å². The van der Waals surface area contributed by atoms with E-state index >= 15 is 0 Å². The van der Waals surface area contributed by atoms with E-state index in [1.54, 1.807) is 0 Å². The van der Waals surface area contributed by atoms with Gasteiger partial charge >= 0.3 is 6.09 Å². The van der Waals surface area contributed by atoms with Gasteiger partial charge < -0.3 is 9.47 Å². The van der Waals surface area contributed by atoms with Crippen LogP contribution in [0.3, 0.4) is 0 Å². The molecule has 2 aromatic rings. The highest BCUT2D eigenvalue weighted by atomic mass is 16.7. The van der Waals surface area contributed by atoms with Crippen LogP contribution in [-0.2, 0) is 4.74 Å². The van der Waals surface area contributed by atoms with E-state index < -0.39 is 6.09 Å². The summed E-state index contributed by atoms with van der Waals surface area (Å²) >= 11 is 0. The van der Waals surface area contributed by atoms with Gasteiger partial charge in [-0.25, -0.2) is 4.79 Å². The summed E-state index contributed by atoms with van der Waals surface area (Å²) in [4.78, 5) is 12.6. The Hall–Kier alpha value is -2.49. The van der Waals surface area contributed by atoms with Crippen LogP contribution in [0.1, 0.15) is 101 Å². The molecule has 4 nitrogen and oxygen atoms in total. The van der Waals surface area contributed by atoms with E-state index in [9.17, 15) is 4.79 Å². The molecule has 0 aliphatic rings. The molecule has 164 valence electrons. The molecule has 0 bridgehead atoms. The molecular formula is C26H37NO3. The second-order valence-corrected chi connectivity index (χ2v) is 9.01. The molecular weight excluding hydrogens is 374 g/mol. The molecule has 0 fully saturated rings. The molecule has 1 N–H and O–H groups in total. The predicted molar refractivity (Wildman–Crippen MR) is 125 cm³/mol. The van der Waals surface area contributed by atoms with Crippen LogP contribution in [0.5, 0.6) is 5.75 Å². The smallest absolute Gasteiger partial charge is 0.414 e. The zero-order chi connectivity index (χ0) is 22.4. The normalized spacial score (nSPS) is 11.5. The van der Waals surface area contributed by atoms with Crippen molar-refractivity contribution in [1.82, 2.24) is 0 Å². The zero-order valence-electron chi connectivity index (χ0n) is 19.7. The van der Waals surface area contributed by atoms with Crippen molar-refractivity contribution in [3.05, 3.63) is 58.7 Å². The summed E-state index contributed by atoms with van der Waals surface area (Å²) in [5, 5.41) is 2.96. The summed E-state index contributed by atoms with van der Waals surface area (Å²) in [7, 11) is 0. The van der Waals surface area contributed by atoms with Gasteiger partial charge in [0.05, 0.1) is 5.69 Å². The maximum absolute atomic E-state index is 12.6. The quantitative estimate of drug-likeness (QED) is 0.451. The van der Waals surface area contributed by atoms with Gasteiger partial charge in [-0.15, -0.1) is 0 Å². The van der Waals surface area contributed by atoms with Gasteiger partial charge in [-0.05, 0) is 45.9 Å². The van der Waals surface area contributed by atoms with E-state index in [0.717, 1.165) is 33.7 Å². The number of rotatable bonds is 8. The van der Waals surface area contributed by atoms with E-state index in [1.165, 1.54) is 0 Å². The maximum atomic E-state index is 12.6. The highest BCUT2D eigenvalue weighted by molar-refractivity contribution is 5.87. The first kappa shape index (κ1) is 23.8. The van der Waals surface area contributed by atoms with E-state index in [-0.39, 0.29) is 6.79 Å². The van der Waals surface area contributed by atoms with E-state index in [2.05, 4.69) is 91.0 Å². The number of para-hydroxylation sites is 2. The van der Waals surface area contributed by atoms with Gasteiger partial charge in [0.1, 0.15) is 5.75 Å². The fourth-order valence-corrected chi connectivity index (χ4v) is 3.62. The second-order valence-electron chi connectivity index (χ2n) is 9.01. The highest BCUT2D eigenvalue weighted by Gasteiger charge is 2.18. The van der Waals surface area contributed by atoms with Gasteiger partial charge in [0.2, 0.25) is 6.79 Å². The lowest BCUT2D eigenvalue weighted by atomic mass is 9.93. The fraction of sp³-hybridized carbons (Fsp3) is 0.500. The van der Waals surface area contributed by atoms with Gasteiger partial charge in [0.25, 0.3) is 0 Å². The van der Waals surface area contributed by atoms with Gasteiger partial charge in [-0.3, -0.25) is 5.32 Å². The topological polar surface area (TPSA) is 47.6 Å². The van der Waals surface area contributed by atoms with E-state index in [0.29, 0.717) is 23.7 Å². The molecule has 1 amide bonds. The Morgan fingerprint density at radius 3 is 1.53 bits per heavy atom. The number of ether oxygens (including phenoxy) is 2. The van der Waals surface area contributed by atoms with Crippen molar-refractivity contribution in [1.29, 1.82) is 0 Å². The Bertz CT molecular complexity index is 801. The van der Waals surface area contributed by atoms with Gasteiger partial charge in [0, 0.05) is 0 Å². The second kappa shape index (κ2) is 10.5. The number of nitrogens with one attached hydrogen (secondary N) is 1. The molecule has 0 unspecified atom stereocenters. The van der Waals surface area contributed by atoms with Crippen LogP contribution in [0.25, 0.3) is 0 Å². The minimum atomic E-state index is -0.502. The third kappa shape index (κ3) is 5.78. The summed E-state index contributed by atoms with van der Waals surface area (Å²) in [6.45, 7) is 16.9. The molecule has 0 spiro atoms. The first-order valence-electron chi connectivity index (χ1n) is 11.0. The molecule has 30 heavy (non-hydrogen) atoms.